The number of ether oxygens (including phenoxy) is 2. The van der Waals surface area contributed by atoms with E-state index in [0.717, 1.165) is 31.0 Å². The van der Waals surface area contributed by atoms with E-state index in [4.69, 9.17) is 9.47 Å². The van der Waals surface area contributed by atoms with Gasteiger partial charge in [-0.1, -0.05) is 18.2 Å². The lowest BCUT2D eigenvalue weighted by atomic mass is 10.2. The minimum Gasteiger partial charge on any atom is -0.492 e. The Morgan fingerprint density at radius 2 is 2.28 bits per heavy atom. The molecule has 0 amide bonds. The summed E-state index contributed by atoms with van der Waals surface area (Å²) in [7, 11) is 0. The molecule has 100 valence electrons. The van der Waals surface area contributed by atoms with Gasteiger partial charge >= 0.3 is 0 Å². The maximum absolute atomic E-state index is 9.26. The number of aliphatic hydroxyl groups excluding tert-OH is 1. The van der Waals surface area contributed by atoms with E-state index in [1.807, 2.05) is 31.2 Å². The number of aryl methyl sites for hydroxylation is 1. The first-order chi connectivity index (χ1) is 8.81. The van der Waals surface area contributed by atoms with Gasteiger partial charge in [0.25, 0.3) is 0 Å². The fourth-order valence-corrected chi connectivity index (χ4v) is 2.14. The molecule has 0 aromatic heterocycles. The Hall–Kier alpha value is -1.10. The van der Waals surface area contributed by atoms with E-state index in [0.29, 0.717) is 13.2 Å². The first-order valence-electron chi connectivity index (χ1n) is 6.42. The van der Waals surface area contributed by atoms with E-state index in [-0.39, 0.29) is 12.6 Å². The zero-order valence-electron chi connectivity index (χ0n) is 10.8. The summed E-state index contributed by atoms with van der Waals surface area (Å²) >= 11 is 0. The molecule has 1 fully saturated rings. The lowest BCUT2D eigenvalue weighted by Gasteiger charge is -2.34. The molecule has 1 atom stereocenters. The molecule has 4 nitrogen and oxygen atoms in total. The minimum absolute atomic E-state index is 0.110. The number of morpholine rings is 1. The maximum atomic E-state index is 9.26. The van der Waals surface area contributed by atoms with Gasteiger partial charge in [-0.05, 0) is 18.6 Å². The molecule has 1 N–H and O–H groups in total. The van der Waals surface area contributed by atoms with E-state index in [1.165, 1.54) is 0 Å². The van der Waals surface area contributed by atoms with Crippen molar-refractivity contribution >= 4 is 0 Å². The van der Waals surface area contributed by atoms with Gasteiger partial charge < -0.3 is 14.6 Å². The number of aliphatic hydroxyl groups is 1. The first kappa shape index (κ1) is 13.3. The van der Waals surface area contributed by atoms with Gasteiger partial charge in [-0.2, -0.15) is 0 Å². The highest BCUT2D eigenvalue weighted by molar-refractivity contribution is 5.31. The summed E-state index contributed by atoms with van der Waals surface area (Å²) in [5.74, 6) is 0.936. The standard InChI is InChI=1S/C14H21NO3/c1-12-4-2-3-5-14(12)18-9-7-15-6-8-17-11-13(15)10-16/h2-5,13,16H,6-11H2,1H3. The quantitative estimate of drug-likeness (QED) is 0.850. The van der Waals surface area contributed by atoms with Crippen molar-refractivity contribution in [1.29, 1.82) is 0 Å². The Labute approximate surface area is 108 Å². The Morgan fingerprint density at radius 1 is 1.44 bits per heavy atom. The molecule has 2 rings (SSSR count). The molecule has 1 aliphatic rings. The van der Waals surface area contributed by atoms with Crippen LogP contribution in [0.3, 0.4) is 0 Å². The molecule has 0 spiro atoms. The zero-order chi connectivity index (χ0) is 12.8. The Bertz CT molecular complexity index is 370. The van der Waals surface area contributed by atoms with Gasteiger partial charge in [0.1, 0.15) is 12.4 Å². The van der Waals surface area contributed by atoms with Crippen LogP contribution in [0.25, 0.3) is 0 Å². The topological polar surface area (TPSA) is 41.9 Å². The number of hydrogen-bond donors (Lipinski definition) is 1. The molecule has 1 aromatic rings. The van der Waals surface area contributed by atoms with Gasteiger partial charge in [0.2, 0.25) is 0 Å². The van der Waals surface area contributed by atoms with Crippen LogP contribution < -0.4 is 4.74 Å². The molecule has 0 bridgehead atoms. The first-order valence-corrected chi connectivity index (χ1v) is 6.42. The second kappa shape index (κ2) is 6.73. The fourth-order valence-electron chi connectivity index (χ4n) is 2.14. The summed E-state index contributed by atoms with van der Waals surface area (Å²) in [6, 6.07) is 8.12. The highest BCUT2D eigenvalue weighted by atomic mass is 16.5. The maximum Gasteiger partial charge on any atom is 0.122 e. The van der Waals surface area contributed by atoms with Crippen LogP contribution in [0, 0.1) is 6.92 Å². The van der Waals surface area contributed by atoms with Crippen LogP contribution in [-0.4, -0.2) is 55.6 Å². The molecule has 0 saturated carbocycles. The van der Waals surface area contributed by atoms with E-state index < -0.39 is 0 Å². The third kappa shape index (κ3) is 3.45. The summed E-state index contributed by atoms with van der Waals surface area (Å²) < 4.78 is 11.1. The molecule has 1 saturated heterocycles. The normalized spacial score (nSPS) is 20.9. The van der Waals surface area contributed by atoms with Crippen molar-refractivity contribution in [2.75, 3.05) is 39.5 Å². The molecule has 18 heavy (non-hydrogen) atoms. The van der Waals surface area contributed by atoms with Crippen molar-refractivity contribution in [2.45, 2.75) is 13.0 Å². The van der Waals surface area contributed by atoms with Crippen molar-refractivity contribution in [2.24, 2.45) is 0 Å². The molecule has 4 heteroatoms. The zero-order valence-corrected chi connectivity index (χ0v) is 10.8. The van der Waals surface area contributed by atoms with E-state index in [2.05, 4.69) is 4.90 Å². The Kier molecular flexibility index (Phi) is 4.99. The summed E-state index contributed by atoms with van der Waals surface area (Å²) in [6.07, 6.45) is 0. The third-order valence-corrected chi connectivity index (χ3v) is 3.29. The molecular formula is C14H21NO3. The summed E-state index contributed by atoms with van der Waals surface area (Å²) in [6.45, 7) is 5.86. The predicted molar refractivity (Wildman–Crippen MR) is 69.9 cm³/mol. The molecule has 1 aromatic carbocycles. The molecule has 1 aliphatic heterocycles. The van der Waals surface area contributed by atoms with Crippen molar-refractivity contribution < 1.29 is 14.6 Å². The number of para-hydroxylation sites is 1. The average Bonchev–Trinajstić information content (AvgIpc) is 2.41. The molecular weight excluding hydrogens is 230 g/mol. The second-order valence-corrected chi connectivity index (χ2v) is 4.56. The van der Waals surface area contributed by atoms with Gasteiger partial charge in [-0.25, -0.2) is 0 Å². The summed E-state index contributed by atoms with van der Waals surface area (Å²) in [5, 5.41) is 9.26. The molecule has 0 radical (unpaired) electrons. The van der Waals surface area contributed by atoms with Crippen molar-refractivity contribution in [3.8, 4) is 5.75 Å². The minimum atomic E-state index is 0.110. The van der Waals surface area contributed by atoms with Crippen molar-refractivity contribution in [3.05, 3.63) is 29.8 Å². The fraction of sp³-hybridized carbons (Fsp3) is 0.571. The van der Waals surface area contributed by atoms with Gasteiger partial charge in [-0.3, -0.25) is 4.90 Å². The van der Waals surface area contributed by atoms with Crippen LogP contribution in [0.4, 0.5) is 0 Å². The molecule has 1 unspecified atom stereocenters. The van der Waals surface area contributed by atoms with Crippen LogP contribution in [0.15, 0.2) is 24.3 Å². The van der Waals surface area contributed by atoms with Gasteiger partial charge in [-0.15, -0.1) is 0 Å². The number of benzene rings is 1. The highest BCUT2D eigenvalue weighted by Gasteiger charge is 2.21. The average molecular weight is 251 g/mol. The van der Waals surface area contributed by atoms with E-state index >= 15 is 0 Å². The van der Waals surface area contributed by atoms with Gasteiger partial charge in [0.05, 0.1) is 25.9 Å². The van der Waals surface area contributed by atoms with Crippen LogP contribution in [0.2, 0.25) is 0 Å². The number of rotatable bonds is 5. The lowest BCUT2D eigenvalue weighted by molar-refractivity contribution is -0.0313. The van der Waals surface area contributed by atoms with Crippen LogP contribution >= 0.6 is 0 Å². The van der Waals surface area contributed by atoms with Crippen LogP contribution in [0.1, 0.15) is 5.56 Å². The SMILES string of the molecule is Cc1ccccc1OCCN1CCOCC1CO. The van der Waals surface area contributed by atoms with Crippen LogP contribution in [-0.2, 0) is 4.74 Å². The van der Waals surface area contributed by atoms with E-state index in [9.17, 15) is 5.11 Å². The van der Waals surface area contributed by atoms with Crippen molar-refractivity contribution in [1.82, 2.24) is 4.90 Å². The van der Waals surface area contributed by atoms with Gasteiger partial charge in [0.15, 0.2) is 0 Å². The smallest absolute Gasteiger partial charge is 0.122 e. The number of hydrogen-bond acceptors (Lipinski definition) is 4. The van der Waals surface area contributed by atoms with Crippen molar-refractivity contribution in [3.63, 3.8) is 0 Å². The summed E-state index contributed by atoms with van der Waals surface area (Å²) in [4.78, 5) is 2.22. The monoisotopic (exact) mass is 251 g/mol. The lowest BCUT2D eigenvalue weighted by Crippen LogP contribution is -2.48. The Morgan fingerprint density at radius 3 is 3.06 bits per heavy atom. The third-order valence-electron chi connectivity index (χ3n) is 3.29. The van der Waals surface area contributed by atoms with E-state index in [1.54, 1.807) is 0 Å². The largest absolute Gasteiger partial charge is 0.492 e. The highest BCUT2D eigenvalue weighted by Crippen LogP contribution is 2.16. The predicted octanol–water partition coefficient (Wildman–Crippen LogP) is 1.07. The molecule has 0 aliphatic carbocycles. The van der Waals surface area contributed by atoms with Crippen LogP contribution in [0.5, 0.6) is 5.75 Å². The summed E-state index contributed by atoms with van der Waals surface area (Å²) in [5.41, 5.74) is 1.15. The molecule has 1 heterocycles. The Balaban J connectivity index is 1.79. The second-order valence-electron chi connectivity index (χ2n) is 4.56. The van der Waals surface area contributed by atoms with Gasteiger partial charge in [0, 0.05) is 13.1 Å². The number of nitrogens with zero attached hydrogens (tertiary/aromatic N) is 1.